The Morgan fingerprint density at radius 2 is 2.00 bits per heavy atom. The van der Waals surface area contributed by atoms with Crippen molar-refractivity contribution in [1.29, 1.82) is 0 Å². The van der Waals surface area contributed by atoms with Crippen LogP contribution in [0.4, 0.5) is 13.2 Å². The molecule has 0 aromatic rings. The van der Waals surface area contributed by atoms with E-state index < -0.39 is 37.2 Å². The number of amides is 1. The van der Waals surface area contributed by atoms with E-state index in [2.05, 4.69) is 0 Å². The van der Waals surface area contributed by atoms with Crippen LogP contribution in [0.25, 0.3) is 0 Å². The molecule has 0 aliphatic carbocycles. The Hall–Kier alpha value is -1.75. The molecule has 0 aromatic heterocycles. The molecule has 0 aliphatic heterocycles. The van der Waals surface area contributed by atoms with Gasteiger partial charge in [0.2, 0.25) is 5.91 Å². The molecule has 17 heavy (non-hydrogen) atoms. The van der Waals surface area contributed by atoms with Crippen LogP contribution in [0.3, 0.4) is 0 Å². The third kappa shape index (κ3) is 8.10. The van der Waals surface area contributed by atoms with Gasteiger partial charge in [-0.3, -0.25) is 4.79 Å². The molecule has 0 aliphatic rings. The van der Waals surface area contributed by atoms with Crippen molar-refractivity contribution in [2.24, 2.45) is 0 Å². The molecule has 0 heterocycles. The van der Waals surface area contributed by atoms with E-state index >= 15 is 0 Å². The number of aliphatic carboxylic acids is 1. The van der Waals surface area contributed by atoms with Crippen LogP contribution in [0.15, 0.2) is 0 Å². The summed E-state index contributed by atoms with van der Waals surface area (Å²) in [5, 5.41) is 12.4. The Morgan fingerprint density at radius 3 is 2.41 bits per heavy atom. The molecule has 0 bridgehead atoms. The molecule has 0 aromatic carbocycles. The second-order valence-electron chi connectivity index (χ2n) is 3.09. The summed E-state index contributed by atoms with van der Waals surface area (Å²) in [5.74, 6) is -0.166. The van der Waals surface area contributed by atoms with Crippen molar-refractivity contribution in [2.75, 3.05) is 13.1 Å². The van der Waals surface area contributed by atoms with E-state index in [-0.39, 0.29) is 6.42 Å². The first-order valence-corrected chi connectivity index (χ1v) is 4.49. The highest BCUT2D eigenvalue weighted by atomic mass is 19.4. The number of carbonyl (C=O) groups excluding carboxylic acids is 1. The van der Waals surface area contributed by atoms with Crippen molar-refractivity contribution in [2.45, 2.75) is 18.6 Å². The number of carboxylic acids is 1. The van der Waals surface area contributed by atoms with Crippen molar-refractivity contribution >= 4 is 11.9 Å². The van der Waals surface area contributed by atoms with Gasteiger partial charge in [-0.05, 0) is 0 Å². The summed E-state index contributed by atoms with van der Waals surface area (Å²) in [6, 6.07) is -1.29. The predicted molar refractivity (Wildman–Crippen MR) is 51.9 cm³/mol. The van der Waals surface area contributed by atoms with Crippen LogP contribution in [-0.2, 0) is 9.59 Å². The van der Waals surface area contributed by atoms with Gasteiger partial charge in [0.25, 0.3) is 0 Å². The highest BCUT2D eigenvalue weighted by Gasteiger charge is 2.27. The molecule has 0 fully saturated rings. The van der Waals surface area contributed by atoms with E-state index in [0.29, 0.717) is 0 Å². The molecule has 1 amide bonds. The number of terminal acetylenes is 1. The van der Waals surface area contributed by atoms with E-state index in [9.17, 15) is 22.8 Å². The van der Waals surface area contributed by atoms with Crippen LogP contribution in [0, 0.1) is 12.3 Å². The SMILES string of the molecule is C#CCC(NC(=O)CNCC(F)(F)F)C(=O)O. The second-order valence-corrected chi connectivity index (χ2v) is 3.09. The molecule has 0 spiro atoms. The summed E-state index contributed by atoms with van der Waals surface area (Å²) < 4.78 is 35.1. The fourth-order valence-corrected chi connectivity index (χ4v) is 0.881. The zero-order valence-corrected chi connectivity index (χ0v) is 8.67. The van der Waals surface area contributed by atoms with Crippen molar-refractivity contribution in [3.05, 3.63) is 0 Å². The maximum atomic E-state index is 11.7. The topological polar surface area (TPSA) is 78.4 Å². The van der Waals surface area contributed by atoms with Crippen molar-refractivity contribution in [3.8, 4) is 12.3 Å². The average Bonchev–Trinajstić information content (AvgIpc) is 2.14. The molecule has 0 saturated carbocycles. The molecule has 0 rings (SSSR count). The zero-order valence-electron chi connectivity index (χ0n) is 8.67. The summed E-state index contributed by atoms with van der Waals surface area (Å²) in [7, 11) is 0. The Bertz CT molecular complexity index is 322. The predicted octanol–water partition coefficient (Wildman–Crippen LogP) is -0.269. The molecular formula is C9H11F3N2O3. The first-order valence-electron chi connectivity index (χ1n) is 4.49. The summed E-state index contributed by atoms with van der Waals surface area (Å²) in [4.78, 5) is 21.6. The zero-order chi connectivity index (χ0) is 13.5. The smallest absolute Gasteiger partial charge is 0.401 e. The minimum atomic E-state index is -4.43. The number of nitrogens with one attached hydrogen (secondary N) is 2. The Balaban J connectivity index is 4.00. The molecule has 0 saturated heterocycles. The van der Waals surface area contributed by atoms with Crippen LogP contribution >= 0.6 is 0 Å². The fourth-order valence-electron chi connectivity index (χ4n) is 0.881. The van der Waals surface area contributed by atoms with Crippen molar-refractivity contribution < 1.29 is 27.9 Å². The first kappa shape index (κ1) is 15.2. The third-order valence-electron chi connectivity index (χ3n) is 1.57. The highest BCUT2D eigenvalue weighted by Crippen LogP contribution is 2.11. The number of hydrogen-bond acceptors (Lipinski definition) is 3. The van der Waals surface area contributed by atoms with Gasteiger partial charge in [0, 0.05) is 6.42 Å². The van der Waals surface area contributed by atoms with Crippen molar-refractivity contribution in [1.82, 2.24) is 10.6 Å². The molecule has 8 heteroatoms. The molecule has 5 nitrogen and oxygen atoms in total. The van der Waals surface area contributed by atoms with Gasteiger partial charge in [-0.2, -0.15) is 13.2 Å². The van der Waals surface area contributed by atoms with Gasteiger partial charge in [0.1, 0.15) is 6.04 Å². The number of halogens is 3. The number of rotatable bonds is 6. The molecule has 3 N–H and O–H groups in total. The first-order chi connectivity index (χ1) is 7.76. The fraction of sp³-hybridized carbons (Fsp3) is 0.556. The normalized spacial score (nSPS) is 12.6. The van der Waals surface area contributed by atoms with Gasteiger partial charge in [-0.15, -0.1) is 12.3 Å². The summed E-state index contributed by atoms with van der Waals surface area (Å²) >= 11 is 0. The van der Waals surface area contributed by atoms with Crippen LogP contribution < -0.4 is 10.6 Å². The number of carbonyl (C=O) groups is 2. The van der Waals surface area contributed by atoms with E-state index in [1.165, 1.54) is 0 Å². The average molecular weight is 252 g/mol. The minimum absolute atomic E-state index is 0.236. The summed E-state index contributed by atoms with van der Waals surface area (Å²) in [6.07, 6.45) is 0.210. The Morgan fingerprint density at radius 1 is 1.41 bits per heavy atom. The molecular weight excluding hydrogens is 241 g/mol. The van der Waals surface area contributed by atoms with Gasteiger partial charge in [0.15, 0.2) is 0 Å². The van der Waals surface area contributed by atoms with E-state index in [1.54, 1.807) is 0 Å². The van der Waals surface area contributed by atoms with Gasteiger partial charge in [-0.25, -0.2) is 4.79 Å². The minimum Gasteiger partial charge on any atom is -0.480 e. The number of carboxylic acid groups (broad SMARTS) is 1. The maximum Gasteiger partial charge on any atom is 0.401 e. The van der Waals surface area contributed by atoms with Gasteiger partial charge in [0.05, 0.1) is 13.1 Å². The maximum absolute atomic E-state index is 11.7. The lowest BCUT2D eigenvalue weighted by molar-refractivity contribution is -0.142. The van der Waals surface area contributed by atoms with Crippen molar-refractivity contribution in [3.63, 3.8) is 0 Å². The Labute approximate surface area is 95.4 Å². The van der Waals surface area contributed by atoms with Crippen LogP contribution in [0.5, 0.6) is 0 Å². The van der Waals surface area contributed by atoms with Crippen LogP contribution in [0.2, 0.25) is 0 Å². The lowest BCUT2D eigenvalue weighted by Crippen LogP contribution is -2.45. The van der Waals surface area contributed by atoms with Crippen LogP contribution in [0.1, 0.15) is 6.42 Å². The van der Waals surface area contributed by atoms with Gasteiger partial charge >= 0.3 is 12.1 Å². The summed E-state index contributed by atoms with van der Waals surface area (Å²) in [6.45, 7) is -1.96. The lowest BCUT2D eigenvalue weighted by atomic mass is 10.2. The number of alkyl halides is 3. The lowest BCUT2D eigenvalue weighted by Gasteiger charge is -2.12. The van der Waals surface area contributed by atoms with E-state index in [1.807, 2.05) is 16.6 Å². The number of hydrogen-bond donors (Lipinski definition) is 3. The standard InChI is InChI=1S/C9H11F3N2O3/c1-2-3-6(8(16)17)14-7(15)4-13-5-9(10,11)12/h1,6,13H,3-5H2,(H,14,15)(H,16,17). The Kier molecular flexibility index (Phi) is 6.06. The third-order valence-corrected chi connectivity index (χ3v) is 1.57. The quantitative estimate of drug-likeness (QED) is 0.569. The molecule has 1 atom stereocenters. The van der Waals surface area contributed by atoms with Crippen LogP contribution in [-0.4, -0.2) is 42.3 Å². The highest BCUT2D eigenvalue weighted by molar-refractivity contribution is 5.84. The van der Waals surface area contributed by atoms with Gasteiger partial charge < -0.3 is 15.7 Å². The monoisotopic (exact) mass is 252 g/mol. The van der Waals surface area contributed by atoms with E-state index in [4.69, 9.17) is 11.5 Å². The molecule has 96 valence electrons. The van der Waals surface area contributed by atoms with Gasteiger partial charge in [-0.1, -0.05) is 0 Å². The molecule has 0 radical (unpaired) electrons. The van der Waals surface area contributed by atoms with E-state index in [0.717, 1.165) is 0 Å². The molecule has 1 unspecified atom stereocenters. The second kappa shape index (κ2) is 6.75. The largest absolute Gasteiger partial charge is 0.480 e. The summed E-state index contributed by atoms with van der Waals surface area (Å²) in [5.41, 5.74) is 0.